The summed E-state index contributed by atoms with van der Waals surface area (Å²) in [7, 11) is 0. The van der Waals surface area contributed by atoms with Gasteiger partial charge in [0.2, 0.25) is 0 Å². The maximum Gasteiger partial charge on any atom is 0.179 e. The Balaban J connectivity index is 2.26. The Bertz CT molecular complexity index is 559. The fourth-order valence-corrected chi connectivity index (χ4v) is 3.46. The molecule has 0 saturated heterocycles. The van der Waals surface area contributed by atoms with Crippen LogP contribution in [0, 0.1) is 18.3 Å². The van der Waals surface area contributed by atoms with Crippen LogP contribution in [-0.4, -0.2) is 10.2 Å². The number of hydrogen-bond acceptors (Lipinski definition) is 5. The van der Waals surface area contributed by atoms with Gasteiger partial charge in [0.1, 0.15) is 5.01 Å². The summed E-state index contributed by atoms with van der Waals surface area (Å²) in [5, 5.41) is 17.7. The van der Waals surface area contributed by atoms with E-state index in [2.05, 4.69) is 32.2 Å². The highest BCUT2D eigenvalue weighted by molar-refractivity contribution is 9.10. The van der Waals surface area contributed by atoms with Crippen LogP contribution in [0.4, 0.5) is 0 Å². The van der Waals surface area contributed by atoms with Crippen LogP contribution < -0.4 is 0 Å². The van der Waals surface area contributed by atoms with Crippen molar-refractivity contribution >= 4 is 39.0 Å². The molecule has 16 heavy (non-hydrogen) atoms. The van der Waals surface area contributed by atoms with Crippen LogP contribution in [0.1, 0.15) is 10.6 Å². The Morgan fingerprint density at radius 1 is 1.44 bits per heavy atom. The van der Waals surface area contributed by atoms with Crippen molar-refractivity contribution in [3.63, 3.8) is 0 Å². The highest BCUT2D eigenvalue weighted by Gasteiger charge is 2.07. The molecule has 0 aliphatic carbocycles. The van der Waals surface area contributed by atoms with Crippen LogP contribution in [0.25, 0.3) is 0 Å². The van der Waals surface area contributed by atoms with Gasteiger partial charge < -0.3 is 0 Å². The number of nitrogens with zero attached hydrogens (tertiary/aromatic N) is 3. The van der Waals surface area contributed by atoms with Crippen molar-refractivity contribution in [1.82, 2.24) is 10.2 Å². The molecule has 1 aromatic carbocycles. The van der Waals surface area contributed by atoms with E-state index >= 15 is 0 Å². The van der Waals surface area contributed by atoms with E-state index in [1.54, 1.807) is 35.2 Å². The summed E-state index contributed by atoms with van der Waals surface area (Å²) in [5.74, 6) is 0. The first-order chi connectivity index (χ1) is 7.69. The zero-order valence-corrected chi connectivity index (χ0v) is 11.5. The van der Waals surface area contributed by atoms with Crippen molar-refractivity contribution in [1.29, 1.82) is 5.26 Å². The molecule has 2 rings (SSSR count). The molecular weight excluding hydrogens is 306 g/mol. The van der Waals surface area contributed by atoms with Crippen molar-refractivity contribution in [3.8, 4) is 6.07 Å². The molecule has 0 N–H and O–H groups in total. The van der Waals surface area contributed by atoms with E-state index in [1.807, 2.05) is 13.0 Å². The first-order valence-electron chi connectivity index (χ1n) is 4.36. The van der Waals surface area contributed by atoms with Gasteiger partial charge in [0.25, 0.3) is 0 Å². The zero-order chi connectivity index (χ0) is 11.5. The average Bonchev–Trinajstić information content (AvgIpc) is 2.67. The molecule has 6 heteroatoms. The fraction of sp³-hybridized carbons (Fsp3) is 0.100. The monoisotopic (exact) mass is 311 g/mol. The summed E-state index contributed by atoms with van der Waals surface area (Å²) in [6.07, 6.45) is 0. The van der Waals surface area contributed by atoms with Crippen LogP contribution in [0.2, 0.25) is 0 Å². The molecule has 0 aliphatic heterocycles. The van der Waals surface area contributed by atoms with E-state index < -0.39 is 0 Å². The molecule has 0 aliphatic rings. The predicted molar refractivity (Wildman–Crippen MR) is 67.6 cm³/mol. The van der Waals surface area contributed by atoms with E-state index in [-0.39, 0.29) is 0 Å². The second-order valence-corrected chi connectivity index (χ2v) is 6.27. The quantitative estimate of drug-likeness (QED) is 0.849. The third kappa shape index (κ3) is 2.61. The van der Waals surface area contributed by atoms with Gasteiger partial charge in [-0.1, -0.05) is 23.1 Å². The van der Waals surface area contributed by atoms with Gasteiger partial charge in [-0.2, -0.15) is 5.26 Å². The predicted octanol–water partition coefficient (Wildman–Crippen LogP) is 3.63. The minimum absolute atomic E-state index is 0.643. The average molecular weight is 312 g/mol. The van der Waals surface area contributed by atoms with Crippen LogP contribution in [0.15, 0.2) is 31.9 Å². The number of halogens is 1. The SMILES string of the molecule is Cc1nnc(Sc2ccc(C#N)cc2Br)s1. The highest BCUT2D eigenvalue weighted by atomic mass is 79.9. The molecule has 0 unspecified atom stereocenters. The van der Waals surface area contributed by atoms with E-state index in [0.29, 0.717) is 5.56 Å². The molecule has 0 atom stereocenters. The fourth-order valence-electron chi connectivity index (χ4n) is 1.07. The smallest absolute Gasteiger partial charge is 0.179 e. The molecule has 0 saturated carbocycles. The van der Waals surface area contributed by atoms with Gasteiger partial charge in [-0.15, -0.1) is 10.2 Å². The van der Waals surface area contributed by atoms with Crippen LogP contribution >= 0.6 is 39.0 Å². The number of benzene rings is 1. The summed E-state index contributed by atoms with van der Waals surface area (Å²) in [6.45, 7) is 1.93. The van der Waals surface area contributed by atoms with Crippen molar-refractivity contribution in [2.45, 2.75) is 16.2 Å². The normalized spacial score (nSPS) is 10.1. The molecular formula is C10H6BrN3S2. The standard InChI is InChI=1S/C10H6BrN3S2/c1-6-13-14-10(15-6)16-9-3-2-7(5-12)4-8(9)11/h2-4H,1H3. The number of rotatable bonds is 2. The van der Waals surface area contributed by atoms with Gasteiger partial charge in [-0.25, -0.2) is 0 Å². The Labute approximate surface area is 110 Å². The number of aryl methyl sites for hydroxylation is 1. The minimum Gasteiger partial charge on any atom is -0.192 e. The second kappa shape index (κ2) is 4.95. The van der Waals surface area contributed by atoms with Gasteiger partial charge >= 0.3 is 0 Å². The molecule has 2 aromatic rings. The summed E-state index contributed by atoms with van der Waals surface area (Å²) in [4.78, 5) is 1.04. The molecule has 1 aromatic heterocycles. The van der Waals surface area contributed by atoms with E-state index in [0.717, 1.165) is 18.7 Å². The lowest BCUT2D eigenvalue weighted by Gasteiger charge is -2.00. The highest BCUT2D eigenvalue weighted by Crippen LogP contribution is 2.35. The van der Waals surface area contributed by atoms with Gasteiger partial charge in [-0.05, 0) is 41.1 Å². The third-order valence-corrected chi connectivity index (χ3v) is 4.65. The number of hydrogen-bond donors (Lipinski definition) is 0. The van der Waals surface area contributed by atoms with Crippen molar-refractivity contribution < 1.29 is 0 Å². The summed E-state index contributed by atoms with van der Waals surface area (Å²) in [6, 6.07) is 7.60. The van der Waals surface area contributed by atoms with Crippen LogP contribution in [0.3, 0.4) is 0 Å². The summed E-state index contributed by atoms with van der Waals surface area (Å²) >= 11 is 6.54. The lowest BCUT2D eigenvalue weighted by Crippen LogP contribution is -1.79. The van der Waals surface area contributed by atoms with Crippen molar-refractivity contribution in [2.24, 2.45) is 0 Å². The van der Waals surface area contributed by atoms with E-state index in [1.165, 1.54) is 0 Å². The Kier molecular flexibility index (Phi) is 3.59. The first-order valence-corrected chi connectivity index (χ1v) is 6.79. The molecule has 0 bridgehead atoms. The van der Waals surface area contributed by atoms with Crippen LogP contribution in [-0.2, 0) is 0 Å². The van der Waals surface area contributed by atoms with Gasteiger partial charge in [0.05, 0.1) is 11.6 Å². The van der Waals surface area contributed by atoms with Crippen molar-refractivity contribution in [3.05, 3.63) is 33.2 Å². The molecule has 3 nitrogen and oxygen atoms in total. The largest absolute Gasteiger partial charge is 0.192 e. The number of aromatic nitrogens is 2. The van der Waals surface area contributed by atoms with Gasteiger partial charge in [-0.3, -0.25) is 0 Å². The molecule has 0 radical (unpaired) electrons. The van der Waals surface area contributed by atoms with E-state index in [4.69, 9.17) is 5.26 Å². The van der Waals surface area contributed by atoms with Crippen LogP contribution in [0.5, 0.6) is 0 Å². The van der Waals surface area contributed by atoms with E-state index in [9.17, 15) is 0 Å². The molecule has 0 spiro atoms. The molecule has 0 fully saturated rings. The van der Waals surface area contributed by atoms with Gasteiger partial charge in [0.15, 0.2) is 4.34 Å². The topological polar surface area (TPSA) is 49.6 Å². The lowest BCUT2D eigenvalue weighted by molar-refractivity contribution is 0.983. The maximum atomic E-state index is 8.75. The summed E-state index contributed by atoms with van der Waals surface area (Å²) in [5.41, 5.74) is 0.643. The van der Waals surface area contributed by atoms with Gasteiger partial charge in [0, 0.05) is 9.37 Å². The zero-order valence-electron chi connectivity index (χ0n) is 8.27. The number of nitriles is 1. The minimum atomic E-state index is 0.643. The Hall–Kier alpha value is -0.900. The molecule has 1 heterocycles. The molecule has 80 valence electrons. The lowest BCUT2D eigenvalue weighted by atomic mass is 10.2. The Morgan fingerprint density at radius 2 is 2.25 bits per heavy atom. The van der Waals surface area contributed by atoms with Crippen molar-refractivity contribution in [2.75, 3.05) is 0 Å². The molecule has 0 amide bonds. The second-order valence-electron chi connectivity index (χ2n) is 2.95. The summed E-state index contributed by atoms with van der Waals surface area (Å²) < 4.78 is 1.81. The third-order valence-electron chi connectivity index (χ3n) is 1.77. The maximum absolute atomic E-state index is 8.75. The first kappa shape index (κ1) is 11.6. The Morgan fingerprint density at radius 3 is 2.81 bits per heavy atom.